The highest BCUT2D eigenvalue weighted by Gasteiger charge is 2.52. The van der Waals surface area contributed by atoms with E-state index in [9.17, 15) is 4.79 Å². The lowest BCUT2D eigenvalue weighted by atomic mass is 10.0. The van der Waals surface area contributed by atoms with E-state index >= 15 is 0 Å². The number of fused-ring (bicyclic) bond motifs is 1. The molecule has 27 heavy (non-hydrogen) atoms. The molecule has 4 rings (SSSR count). The molecule has 1 aliphatic rings. The van der Waals surface area contributed by atoms with Crippen molar-refractivity contribution < 1.29 is 4.79 Å². The first kappa shape index (κ1) is 17.4. The second-order valence-corrected chi connectivity index (χ2v) is 7.63. The molecule has 1 amide bonds. The summed E-state index contributed by atoms with van der Waals surface area (Å²) in [6.45, 7) is 6.29. The Balaban J connectivity index is 1.67. The van der Waals surface area contributed by atoms with Gasteiger partial charge in [0.05, 0.1) is 5.69 Å². The summed E-state index contributed by atoms with van der Waals surface area (Å²) in [5, 5.41) is 4.61. The normalized spacial score (nSPS) is 21.2. The second-order valence-electron chi connectivity index (χ2n) is 7.63. The number of carbonyl (C=O) groups excluding carboxylic acids is 1. The van der Waals surface area contributed by atoms with Gasteiger partial charge in [0.1, 0.15) is 11.6 Å². The Hall–Kier alpha value is -3.02. The number of rotatable bonds is 4. The fourth-order valence-corrected chi connectivity index (χ4v) is 3.53. The number of hydrogen-bond acceptors (Lipinski definition) is 5. The van der Waals surface area contributed by atoms with Gasteiger partial charge in [-0.15, -0.1) is 0 Å². The summed E-state index contributed by atoms with van der Waals surface area (Å²) in [5.41, 5.74) is 9.04. The molecule has 0 radical (unpaired) electrons. The third-order valence-corrected chi connectivity index (χ3v) is 5.79. The van der Waals surface area contributed by atoms with Gasteiger partial charge in [-0.2, -0.15) is 0 Å². The van der Waals surface area contributed by atoms with Gasteiger partial charge in [-0.05, 0) is 54.3 Å². The fraction of sp³-hybridized carbons (Fsp3) is 0.333. The Morgan fingerprint density at radius 3 is 2.89 bits per heavy atom. The minimum Gasteiger partial charge on any atom is -0.383 e. The van der Waals surface area contributed by atoms with Gasteiger partial charge >= 0.3 is 0 Å². The minimum absolute atomic E-state index is 0.0385. The van der Waals surface area contributed by atoms with Crippen molar-refractivity contribution in [1.82, 2.24) is 15.0 Å². The van der Waals surface area contributed by atoms with E-state index in [1.807, 2.05) is 25.1 Å². The highest BCUT2D eigenvalue weighted by molar-refractivity contribution is 5.98. The topological polar surface area (TPSA) is 93.8 Å². The number of amides is 1. The van der Waals surface area contributed by atoms with Crippen LogP contribution < -0.4 is 11.1 Å². The molecule has 0 saturated heterocycles. The van der Waals surface area contributed by atoms with E-state index in [2.05, 4.69) is 34.1 Å². The van der Waals surface area contributed by atoms with Gasteiger partial charge in [0.15, 0.2) is 0 Å². The molecule has 3 N–H and O–H groups in total. The lowest BCUT2D eigenvalue weighted by Crippen LogP contribution is -2.18. The zero-order valence-corrected chi connectivity index (χ0v) is 15.8. The molecule has 3 heterocycles. The number of nitrogens with two attached hydrogens (primary N) is 1. The first-order chi connectivity index (χ1) is 12.9. The van der Waals surface area contributed by atoms with Crippen LogP contribution in [0.1, 0.15) is 32.3 Å². The predicted octanol–water partition coefficient (Wildman–Crippen LogP) is 3.96. The number of aromatic nitrogens is 3. The van der Waals surface area contributed by atoms with Gasteiger partial charge in [0.25, 0.3) is 0 Å². The molecule has 0 aliphatic heterocycles. The molecule has 2 atom stereocenters. The maximum Gasteiger partial charge on any atom is 0.229 e. The van der Waals surface area contributed by atoms with Gasteiger partial charge in [-0.1, -0.05) is 13.8 Å². The van der Waals surface area contributed by atoms with E-state index in [0.29, 0.717) is 11.6 Å². The Bertz CT molecular complexity index is 1050. The number of hydrogen-bond donors (Lipinski definition) is 2. The lowest BCUT2D eigenvalue weighted by molar-refractivity contribution is -0.118. The Labute approximate surface area is 158 Å². The summed E-state index contributed by atoms with van der Waals surface area (Å²) >= 11 is 0. The summed E-state index contributed by atoms with van der Waals surface area (Å²) in [5.74, 6) is 1.06. The Morgan fingerprint density at radius 2 is 2.19 bits per heavy atom. The van der Waals surface area contributed by atoms with Crippen molar-refractivity contribution in [2.75, 3.05) is 11.1 Å². The molecule has 6 heteroatoms. The minimum atomic E-state index is 0.0385. The maximum atomic E-state index is 12.5. The smallest absolute Gasteiger partial charge is 0.229 e. The third-order valence-electron chi connectivity index (χ3n) is 5.79. The van der Waals surface area contributed by atoms with Crippen LogP contribution in [0, 0.1) is 18.3 Å². The average Bonchev–Trinajstić information content (AvgIpc) is 3.34. The summed E-state index contributed by atoms with van der Waals surface area (Å²) < 4.78 is 0. The fourth-order valence-electron chi connectivity index (χ4n) is 3.53. The molecule has 0 bridgehead atoms. The summed E-state index contributed by atoms with van der Waals surface area (Å²) in [7, 11) is 0. The highest BCUT2D eigenvalue weighted by Crippen LogP contribution is 2.55. The first-order valence-corrected chi connectivity index (χ1v) is 9.19. The second kappa shape index (κ2) is 6.30. The first-order valence-electron chi connectivity index (χ1n) is 9.19. The molecule has 3 aromatic heterocycles. The van der Waals surface area contributed by atoms with E-state index in [0.717, 1.165) is 40.4 Å². The van der Waals surface area contributed by atoms with Crippen LogP contribution in [0.4, 0.5) is 11.6 Å². The quantitative estimate of drug-likeness (QED) is 0.733. The molecule has 1 fully saturated rings. The number of pyridine rings is 3. The third kappa shape index (κ3) is 3.12. The molecule has 138 valence electrons. The molecule has 6 nitrogen and oxygen atoms in total. The standard InChI is InChI=1S/C21H23N5O/c1-4-21(3)9-16(21)20(27)26-18-8-13-7-17(14-10-23-6-5-12(14)2)25-19(22)15(13)11-24-18/h5-8,10-11,16H,4,9H2,1-3H3,(H2,22,25)(H,24,26,27)/t16-,21+/m1/s1. The van der Waals surface area contributed by atoms with E-state index in [-0.39, 0.29) is 17.2 Å². The summed E-state index contributed by atoms with van der Waals surface area (Å²) in [4.78, 5) is 25.5. The predicted molar refractivity (Wildman–Crippen MR) is 107 cm³/mol. The number of nitrogens with zero attached hydrogens (tertiary/aromatic N) is 3. The maximum absolute atomic E-state index is 12.5. The Kier molecular flexibility index (Phi) is 4.06. The monoisotopic (exact) mass is 361 g/mol. The van der Waals surface area contributed by atoms with Crippen LogP contribution in [0.15, 0.2) is 36.8 Å². The Morgan fingerprint density at radius 1 is 1.37 bits per heavy atom. The molecule has 0 spiro atoms. The molecule has 0 unspecified atom stereocenters. The molecule has 1 aliphatic carbocycles. The van der Waals surface area contributed by atoms with Gasteiger partial charge < -0.3 is 11.1 Å². The van der Waals surface area contributed by atoms with Crippen LogP contribution in [-0.2, 0) is 4.79 Å². The van der Waals surface area contributed by atoms with E-state index in [1.165, 1.54) is 0 Å². The number of nitrogen functional groups attached to an aromatic ring is 1. The zero-order chi connectivity index (χ0) is 19.2. The number of aryl methyl sites for hydroxylation is 1. The van der Waals surface area contributed by atoms with Crippen LogP contribution in [0.2, 0.25) is 0 Å². The zero-order valence-electron chi connectivity index (χ0n) is 15.8. The lowest BCUT2D eigenvalue weighted by Gasteiger charge is -2.11. The van der Waals surface area contributed by atoms with Crippen molar-refractivity contribution >= 4 is 28.3 Å². The molecular weight excluding hydrogens is 338 g/mol. The van der Waals surface area contributed by atoms with Gasteiger partial charge in [-0.3, -0.25) is 9.78 Å². The van der Waals surface area contributed by atoms with Crippen LogP contribution in [0.25, 0.3) is 22.0 Å². The van der Waals surface area contributed by atoms with Crippen molar-refractivity contribution in [3.8, 4) is 11.3 Å². The van der Waals surface area contributed by atoms with Crippen molar-refractivity contribution in [2.24, 2.45) is 11.3 Å². The number of anilines is 2. The van der Waals surface area contributed by atoms with Crippen LogP contribution in [0.3, 0.4) is 0 Å². The van der Waals surface area contributed by atoms with Gasteiger partial charge in [-0.25, -0.2) is 9.97 Å². The molecule has 1 saturated carbocycles. The largest absolute Gasteiger partial charge is 0.383 e. The van der Waals surface area contributed by atoms with Crippen LogP contribution in [0.5, 0.6) is 0 Å². The number of carbonyl (C=O) groups is 1. The SMILES string of the molecule is CC[C@@]1(C)C[C@@H]1C(=O)Nc1cc2cc(-c3cnccc3C)nc(N)c2cn1. The summed E-state index contributed by atoms with van der Waals surface area (Å²) in [6, 6.07) is 5.75. The van der Waals surface area contributed by atoms with E-state index < -0.39 is 0 Å². The molecule has 0 aromatic carbocycles. The van der Waals surface area contributed by atoms with Crippen molar-refractivity contribution in [2.45, 2.75) is 33.6 Å². The number of nitrogens with one attached hydrogen (secondary N) is 1. The van der Waals surface area contributed by atoms with Crippen LogP contribution >= 0.6 is 0 Å². The average molecular weight is 361 g/mol. The van der Waals surface area contributed by atoms with E-state index in [4.69, 9.17) is 5.73 Å². The van der Waals surface area contributed by atoms with Crippen molar-refractivity contribution in [1.29, 1.82) is 0 Å². The van der Waals surface area contributed by atoms with Crippen molar-refractivity contribution in [3.63, 3.8) is 0 Å². The van der Waals surface area contributed by atoms with E-state index in [1.54, 1.807) is 18.6 Å². The molecule has 3 aromatic rings. The molecular formula is C21H23N5O. The van der Waals surface area contributed by atoms with Crippen molar-refractivity contribution in [3.05, 3.63) is 42.4 Å². The summed E-state index contributed by atoms with van der Waals surface area (Å²) in [6.07, 6.45) is 7.14. The van der Waals surface area contributed by atoms with Gasteiger partial charge in [0.2, 0.25) is 5.91 Å². The van der Waals surface area contributed by atoms with Gasteiger partial charge in [0, 0.05) is 35.5 Å². The highest BCUT2D eigenvalue weighted by atomic mass is 16.2. The van der Waals surface area contributed by atoms with Crippen LogP contribution in [-0.4, -0.2) is 20.9 Å².